The molecule has 0 saturated carbocycles. The zero-order valence-corrected chi connectivity index (χ0v) is 12.2. The average molecular weight is 271 g/mol. The number of rotatable bonds is 5. The molecule has 2 N–H and O–H groups in total. The van der Waals surface area contributed by atoms with Crippen LogP contribution in [-0.4, -0.2) is 16.1 Å². The molecule has 0 aliphatic carbocycles. The summed E-state index contributed by atoms with van der Waals surface area (Å²) in [6.45, 7) is 6.83. The van der Waals surface area contributed by atoms with E-state index < -0.39 is 0 Å². The molecule has 1 heterocycles. The molecule has 1 amide bonds. The summed E-state index contributed by atoms with van der Waals surface area (Å²) >= 11 is 0. The molecule has 2 rings (SSSR count). The predicted octanol–water partition coefficient (Wildman–Crippen LogP) is 2.85. The van der Waals surface area contributed by atoms with Gasteiger partial charge in [-0.05, 0) is 30.9 Å². The van der Waals surface area contributed by atoms with E-state index in [1.54, 1.807) is 0 Å². The first kappa shape index (κ1) is 14.3. The third kappa shape index (κ3) is 3.95. The molecule has 0 aliphatic rings. The molecule has 1 aromatic carbocycles. The summed E-state index contributed by atoms with van der Waals surface area (Å²) in [6.07, 6.45) is 0.901. The van der Waals surface area contributed by atoms with Crippen LogP contribution in [0.2, 0.25) is 0 Å². The Morgan fingerprint density at radius 1 is 1.35 bits per heavy atom. The number of benzene rings is 1. The maximum atomic E-state index is 12.0. The number of aromatic amines is 1. The lowest BCUT2D eigenvalue weighted by atomic mass is 10.1. The summed E-state index contributed by atoms with van der Waals surface area (Å²) in [5.74, 6) is 0.399. The standard InChI is InChI=1S/C16H21N3O/c1-11(2)7-14-9-15(19-18-14)16(20)17-10-13-6-4-5-12(3)8-13/h4-6,8-9,11H,7,10H2,1-3H3,(H,17,20)(H,18,19). The lowest BCUT2D eigenvalue weighted by Crippen LogP contribution is -2.23. The van der Waals surface area contributed by atoms with E-state index in [0.717, 1.165) is 17.7 Å². The summed E-state index contributed by atoms with van der Waals surface area (Å²) in [6, 6.07) is 9.92. The van der Waals surface area contributed by atoms with Crippen molar-refractivity contribution in [3.8, 4) is 0 Å². The van der Waals surface area contributed by atoms with Crippen LogP contribution in [0.25, 0.3) is 0 Å². The molecule has 0 radical (unpaired) electrons. The lowest BCUT2D eigenvalue weighted by Gasteiger charge is -2.04. The van der Waals surface area contributed by atoms with Gasteiger partial charge in [0.2, 0.25) is 0 Å². The quantitative estimate of drug-likeness (QED) is 0.878. The van der Waals surface area contributed by atoms with Gasteiger partial charge in [-0.3, -0.25) is 9.89 Å². The first-order chi connectivity index (χ1) is 9.54. The van der Waals surface area contributed by atoms with Crippen molar-refractivity contribution < 1.29 is 4.79 Å². The molecule has 0 atom stereocenters. The van der Waals surface area contributed by atoms with E-state index in [1.807, 2.05) is 31.2 Å². The van der Waals surface area contributed by atoms with E-state index in [2.05, 4.69) is 35.4 Å². The number of aromatic nitrogens is 2. The van der Waals surface area contributed by atoms with Crippen LogP contribution in [0.3, 0.4) is 0 Å². The Bertz CT molecular complexity index is 587. The number of carbonyl (C=O) groups excluding carboxylic acids is 1. The fourth-order valence-corrected chi connectivity index (χ4v) is 2.12. The number of hydrogen-bond donors (Lipinski definition) is 2. The van der Waals surface area contributed by atoms with Crippen molar-refractivity contribution in [3.63, 3.8) is 0 Å². The van der Waals surface area contributed by atoms with Crippen LogP contribution in [0.5, 0.6) is 0 Å². The Morgan fingerprint density at radius 2 is 2.15 bits per heavy atom. The molecule has 20 heavy (non-hydrogen) atoms. The number of H-pyrrole nitrogens is 1. The molecule has 0 aliphatic heterocycles. The number of hydrogen-bond acceptors (Lipinski definition) is 2. The van der Waals surface area contributed by atoms with Crippen LogP contribution in [0.1, 0.15) is 41.2 Å². The number of nitrogens with one attached hydrogen (secondary N) is 2. The molecule has 0 bridgehead atoms. The van der Waals surface area contributed by atoms with Gasteiger partial charge in [0.15, 0.2) is 0 Å². The molecule has 0 unspecified atom stereocenters. The molecular weight excluding hydrogens is 250 g/mol. The van der Waals surface area contributed by atoms with Gasteiger partial charge in [-0.1, -0.05) is 43.7 Å². The topological polar surface area (TPSA) is 57.8 Å². The van der Waals surface area contributed by atoms with Crippen molar-refractivity contribution in [2.45, 2.75) is 33.7 Å². The Kier molecular flexibility index (Phi) is 4.56. The highest BCUT2D eigenvalue weighted by atomic mass is 16.1. The van der Waals surface area contributed by atoms with Crippen molar-refractivity contribution in [3.05, 3.63) is 52.8 Å². The van der Waals surface area contributed by atoms with Gasteiger partial charge in [0, 0.05) is 12.2 Å². The fourth-order valence-electron chi connectivity index (χ4n) is 2.12. The van der Waals surface area contributed by atoms with Gasteiger partial charge in [0.05, 0.1) is 0 Å². The van der Waals surface area contributed by atoms with E-state index in [4.69, 9.17) is 0 Å². The van der Waals surface area contributed by atoms with Gasteiger partial charge in [-0.25, -0.2) is 0 Å². The molecule has 4 heteroatoms. The van der Waals surface area contributed by atoms with Crippen LogP contribution in [-0.2, 0) is 13.0 Å². The fraction of sp³-hybridized carbons (Fsp3) is 0.375. The highest BCUT2D eigenvalue weighted by molar-refractivity contribution is 5.92. The summed E-state index contributed by atoms with van der Waals surface area (Å²) in [5, 5.41) is 9.86. The van der Waals surface area contributed by atoms with Gasteiger partial charge in [-0.2, -0.15) is 5.10 Å². The van der Waals surface area contributed by atoms with Crippen LogP contribution >= 0.6 is 0 Å². The van der Waals surface area contributed by atoms with Gasteiger partial charge in [0.25, 0.3) is 5.91 Å². The zero-order valence-electron chi connectivity index (χ0n) is 12.2. The summed E-state index contributed by atoms with van der Waals surface area (Å²) in [4.78, 5) is 12.0. The van der Waals surface area contributed by atoms with Crippen molar-refractivity contribution >= 4 is 5.91 Å². The second-order valence-corrected chi connectivity index (χ2v) is 5.55. The third-order valence-electron chi connectivity index (χ3n) is 3.03. The number of carbonyl (C=O) groups is 1. The minimum absolute atomic E-state index is 0.141. The van der Waals surface area contributed by atoms with Crippen LogP contribution in [0, 0.1) is 12.8 Å². The second-order valence-electron chi connectivity index (χ2n) is 5.55. The molecule has 0 spiro atoms. The summed E-state index contributed by atoms with van der Waals surface area (Å²) < 4.78 is 0. The van der Waals surface area contributed by atoms with E-state index in [0.29, 0.717) is 18.2 Å². The highest BCUT2D eigenvalue weighted by Gasteiger charge is 2.10. The van der Waals surface area contributed by atoms with Crippen LogP contribution in [0.4, 0.5) is 0 Å². The first-order valence-electron chi connectivity index (χ1n) is 6.92. The summed E-state index contributed by atoms with van der Waals surface area (Å²) in [7, 11) is 0. The van der Waals surface area contributed by atoms with Crippen molar-refractivity contribution in [1.29, 1.82) is 0 Å². The number of amides is 1. The number of aryl methyl sites for hydroxylation is 1. The smallest absolute Gasteiger partial charge is 0.272 e. The Labute approximate surface area is 119 Å². The average Bonchev–Trinajstić information content (AvgIpc) is 2.84. The molecule has 106 valence electrons. The first-order valence-corrected chi connectivity index (χ1v) is 6.92. The molecule has 0 saturated heterocycles. The van der Waals surface area contributed by atoms with E-state index in [9.17, 15) is 4.79 Å². The van der Waals surface area contributed by atoms with E-state index in [-0.39, 0.29) is 5.91 Å². The molecule has 4 nitrogen and oxygen atoms in total. The minimum atomic E-state index is -0.141. The van der Waals surface area contributed by atoms with Crippen molar-refractivity contribution in [2.24, 2.45) is 5.92 Å². The maximum absolute atomic E-state index is 12.0. The van der Waals surface area contributed by atoms with Crippen LogP contribution in [0.15, 0.2) is 30.3 Å². The van der Waals surface area contributed by atoms with Crippen molar-refractivity contribution in [2.75, 3.05) is 0 Å². The number of nitrogens with zero attached hydrogens (tertiary/aromatic N) is 1. The van der Waals surface area contributed by atoms with E-state index >= 15 is 0 Å². The molecular formula is C16H21N3O. The zero-order chi connectivity index (χ0) is 14.5. The van der Waals surface area contributed by atoms with Gasteiger partial charge >= 0.3 is 0 Å². The van der Waals surface area contributed by atoms with Crippen molar-refractivity contribution in [1.82, 2.24) is 15.5 Å². The van der Waals surface area contributed by atoms with Crippen LogP contribution < -0.4 is 5.32 Å². The Morgan fingerprint density at radius 3 is 2.85 bits per heavy atom. The molecule has 1 aromatic heterocycles. The Hall–Kier alpha value is -2.10. The maximum Gasteiger partial charge on any atom is 0.272 e. The SMILES string of the molecule is Cc1cccc(CNC(=O)c2cc(CC(C)C)[nH]n2)c1. The Balaban J connectivity index is 1.93. The monoisotopic (exact) mass is 271 g/mol. The highest BCUT2D eigenvalue weighted by Crippen LogP contribution is 2.07. The second kappa shape index (κ2) is 6.37. The molecule has 2 aromatic rings. The largest absolute Gasteiger partial charge is 0.347 e. The summed E-state index contributed by atoms with van der Waals surface area (Å²) in [5.41, 5.74) is 3.74. The van der Waals surface area contributed by atoms with E-state index in [1.165, 1.54) is 5.56 Å². The van der Waals surface area contributed by atoms with Gasteiger partial charge < -0.3 is 5.32 Å². The predicted molar refractivity (Wildman–Crippen MR) is 79.5 cm³/mol. The minimum Gasteiger partial charge on any atom is -0.347 e. The molecule has 0 fully saturated rings. The normalized spacial score (nSPS) is 10.8. The lowest BCUT2D eigenvalue weighted by molar-refractivity contribution is 0.0946. The van der Waals surface area contributed by atoms with Gasteiger partial charge in [0.1, 0.15) is 5.69 Å². The van der Waals surface area contributed by atoms with Gasteiger partial charge in [-0.15, -0.1) is 0 Å². The third-order valence-corrected chi connectivity index (χ3v) is 3.03.